The normalized spacial score (nSPS) is 11.2. The van der Waals surface area contributed by atoms with Crippen molar-refractivity contribution >= 4 is 40.6 Å². The van der Waals surface area contributed by atoms with Crippen LogP contribution < -0.4 is 5.32 Å². The van der Waals surface area contributed by atoms with Gasteiger partial charge in [-0.2, -0.15) is 11.8 Å². The lowest BCUT2D eigenvalue weighted by Crippen LogP contribution is -2.07. The molecule has 1 aromatic carbocycles. The van der Waals surface area contributed by atoms with Gasteiger partial charge in [0.05, 0.1) is 5.52 Å². The molecule has 4 nitrogen and oxygen atoms in total. The van der Waals surface area contributed by atoms with E-state index in [0.717, 1.165) is 34.6 Å². The minimum atomic E-state index is 0.694. The zero-order chi connectivity index (χ0) is 15.9. The van der Waals surface area contributed by atoms with E-state index >= 15 is 0 Å². The molecule has 0 spiro atoms. The van der Waals surface area contributed by atoms with Gasteiger partial charge in [0, 0.05) is 30.1 Å². The van der Waals surface area contributed by atoms with Crippen molar-refractivity contribution in [2.45, 2.75) is 0 Å². The van der Waals surface area contributed by atoms with Crippen LogP contribution in [0.5, 0.6) is 0 Å². The zero-order valence-electron chi connectivity index (χ0n) is 12.9. The quantitative estimate of drug-likeness (QED) is 0.696. The van der Waals surface area contributed by atoms with E-state index in [9.17, 15) is 0 Å². The van der Waals surface area contributed by atoms with Crippen molar-refractivity contribution in [3.05, 3.63) is 60.2 Å². The molecule has 2 aromatic heterocycles. The van der Waals surface area contributed by atoms with Crippen LogP contribution >= 0.6 is 11.8 Å². The standard InChI is InChI=1S/C18H18N4S/c1-23-12-11-20-18-15-6-2-3-7-16(15)21-17(22-18)9-8-14-5-4-10-19-13-14/h2-10,13H,11-12H2,1H3,(H,20,21,22)/b9-8+. The molecule has 5 heteroatoms. The van der Waals surface area contributed by atoms with Gasteiger partial charge < -0.3 is 5.32 Å². The van der Waals surface area contributed by atoms with Crippen molar-refractivity contribution < 1.29 is 0 Å². The van der Waals surface area contributed by atoms with Gasteiger partial charge in [0.25, 0.3) is 0 Å². The van der Waals surface area contributed by atoms with Crippen LogP contribution in [0, 0.1) is 0 Å². The molecule has 23 heavy (non-hydrogen) atoms. The van der Waals surface area contributed by atoms with E-state index in [1.165, 1.54) is 0 Å². The number of thioether (sulfide) groups is 1. The Balaban J connectivity index is 1.92. The largest absolute Gasteiger partial charge is 0.369 e. The molecular weight excluding hydrogens is 304 g/mol. The van der Waals surface area contributed by atoms with E-state index in [1.54, 1.807) is 6.20 Å². The van der Waals surface area contributed by atoms with Crippen LogP contribution in [0.2, 0.25) is 0 Å². The molecule has 116 valence electrons. The summed E-state index contributed by atoms with van der Waals surface area (Å²) >= 11 is 1.81. The lowest BCUT2D eigenvalue weighted by molar-refractivity contribution is 1.13. The fourth-order valence-electron chi connectivity index (χ4n) is 2.22. The second-order valence-corrected chi connectivity index (χ2v) is 5.97. The average molecular weight is 322 g/mol. The van der Waals surface area contributed by atoms with Crippen LogP contribution in [0.25, 0.3) is 23.1 Å². The molecule has 0 bridgehead atoms. The van der Waals surface area contributed by atoms with E-state index in [1.807, 2.05) is 66.5 Å². The summed E-state index contributed by atoms with van der Waals surface area (Å²) in [6, 6.07) is 12.0. The van der Waals surface area contributed by atoms with Crippen molar-refractivity contribution in [2.75, 3.05) is 23.9 Å². The van der Waals surface area contributed by atoms with Gasteiger partial charge in [-0.05, 0) is 42.2 Å². The number of rotatable bonds is 6. The number of hydrogen-bond acceptors (Lipinski definition) is 5. The van der Waals surface area contributed by atoms with Gasteiger partial charge >= 0.3 is 0 Å². The van der Waals surface area contributed by atoms with Gasteiger partial charge in [-0.1, -0.05) is 18.2 Å². The Labute approximate surface area is 140 Å². The Morgan fingerprint density at radius 3 is 2.83 bits per heavy atom. The topological polar surface area (TPSA) is 50.7 Å². The average Bonchev–Trinajstić information content (AvgIpc) is 2.61. The van der Waals surface area contributed by atoms with Crippen molar-refractivity contribution in [1.29, 1.82) is 0 Å². The first-order valence-corrected chi connectivity index (χ1v) is 8.84. The molecule has 1 N–H and O–H groups in total. The highest BCUT2D eigenvalue weighted by Gasteiger charge is 2.05. The molecule has 0 aliphatic heterocycles. The van der Waals surface area contributed by atoms with E-state index in [0.29, 0.717) is 5.82 Å². The summed E-state index contributed by atoms with van der Waals surface area (Å²) < 4.78 is 0. The van der Waals surface area contributed by atoms with Crippen LogP contribution in [0.3, 0.4) is 0 Å². The predicted octanol–water partition coefficient (Wildman–Crippen LogP) is 3.97. The van der Waals surface area contributed by atoms with Crippen LogP contribution in [0.15, 0.2) is 48.8 Å². The molecule has 0 aliphatic rings. The van der Waals surface area contributed by atoms with E-state index in [-0.39, 0.29) is 0 Å². The van der Waals surface area contributed by atoms with Gasteiger partial charge in [-0.15, -0.1) is 0 Å². The first-order valence-electron chi connectivity index (χ1n) is 7.44. The Morgan fingerprint density at radius 2 is 2.00 bits per heavy atom. The Bertz CT molecular complexity index is 802. The highest BCUT2D eigenvalue weighted by molar-refractivity contribution is 7.98. The van der Waals surface area contributed by atoms with E-state index in [2.05, 4.69) is 26.5 Å². The van der Waals surface area contributed by atoms with Crippen molar-refractivity contribution in [3.8, 4) is 0 Å². The van der Waals surface area contributed by atoms with Crippen LogP contribution in [-0.4, -0.2) is 33.5 Å². The summed E-state index contributed by atoms with van der Waals surface area (Å²) in [6.45, 7) is 0.883. The molecule has 0 atom stereocenters. The number of nitrogens with zero attached hydrogens (tertiary/aromatic N) is 3. The van der Waals surface area contributed by atoms with Crippen molar-refractivity contribution in [3.63, 3.8) is 0 Å². The maximum atomic E-state index is 4.65. The molecule has 3 rings (SSSR count). The summed E-state index contributed by atoms with van der Waals surface area (Å²) in [5, 5.41) is 4.46. The molecule has 0 radical (unpaired) electrons. The summed E-state index contributed by atoms with van der Waals surface area (Å²) in [4.78, 5) is 13.4. The van der Waals surface area contributed by atoms with Gasteiger partial charge in [-0.3, -0.25) is 4.98 Å². The molecule has 0 unspecified atom stereocenters. The number of anilines is 1. The summed E-state index contributed by atoms with van der Waals surface area (Å²) in [5.41, 5.74) is 1.97. The summed E-state index contributed by atoms with van der Waals surface area (Å²) in [5.74, 6) is 2.62. The molecule has 2 heterocycles. The fraction of sp³-hybridized carbons (Fsp3) is 0.167. The number of para-hydroxylation sites is 1. The number of nitrogens with one attached hydrogen (secondary N) is 1. The van der Waals surface area contributed by atoms with Crippen LogP contribution in [-0.2, 0) is 0 Å². The first-order chi connectivity index (χ1) is 11.4. The first kappa shape index (κ1) is 15.5. The Morgan fingerprint density at radius 1 is 1.09 bits per heavy atom. The minimum Gasteiger partial charge on any atom is -0.369 e. The molecule has 0 fully saturated rings. The van der Waals surface area contributed by atoms with Crippen molar-refractivity contribution in [2.24, 2.45) is 0 Å². The van der Waals surface area contributed by atoms with Crippen LogP contribution in [0.4, 0.5) is 5.82 Å². The van der Waals surface area contributed by atoms with E-state index < -0.39 is 0 Å². The molecule has 3 aromatic rings. The van der Waals surface area contributed by atoms with Gasteiger partial charge in [0.1, 0.15) is 5.82 Å². The van der Waals surface area contributed by atoms with E-state index in [4.69, 9.17) is 0 Å². The summed E-state index contributed by atoms with van der Waals surface area (Å²) in [7, 11) is 0. The van der Waals surface area contributed by atoms with Gasteiger partial charge in [0.2, 0.25) is 0 Å². The number of pyridine rings is 1. The Kier molecular flexibility index (Phi) is 5.21. The second-order valence-electron chi connectivity index (χ2n) is 4.99. The second kappa shape index (κ2) is 7.74. The molecular formula is C18H18N4S. The smallest absolute Gasteiger partial charge is 0.154 e. The number of hydrogen-bond donors (Lipinski definition) is 1. The van der Waals surface area contributed by atoms with Gasteiger partial charge in [-0.25, -0.2) is 9.97 Å². The number of fused-ring (bicyclic) bond motifs is 1. The third-order valence-electron chi connectivity index (χ3n) is 3.33. The summed E-state index contributed by atoms with van der Waals surface area (Å²) in [6.07, 6.45) is 9.57. The third-order valence-corrected chi connectivity index (χ3v) is 3.94. The SMILES string of the molecule is CSCCNc1nc(/C=C/c2cccnc2)nc2ccccc12. The third kappa shape index (κ3) is 4.07. The maximum absolute atomic E-state index is 4.65. The lowest BCUT2D eigenvalue weighted by atomic mass is 10.2. The van der Waals surface area contributed by atoms with Crippen molar-refractivity contribution in [1.82, 2.24) is 15.0 Å². The lowest BCUT2D eigenvalue weighted by Gasteiger charge is -2.09. The molecule has 0 aliphatic carbocycles. The van der Waals surface area contributed by atoms with Crippen LogP contribution in [0.1, 0.15) is 11.4 Å². The fourth-order valence-corrected chi connectivity index (χ4v) is 2.53. The minimum absolute atomic E-state index is 0.694. The highest BCUT2D eigenvalue weighted by Crippen LogP contribution is 2.20. The monoisotopic (exact) mass is 322 g/mol. The predicted molar refractivity (Wildman–Crippen MR) is 99.6 cm³/mol. The molecule has 0 amide bonds. The number of benzene rings is 1. The molecule has 0 saturated heterocycles. The number of aromatic nitrogens is 3. The zero-order valence-corrected chi connectivity index (χ0v) is 13.8. The van der Waals surface area contributed by atoms with Gasteiger partial charge in [0.15, 0.2) is 5.82 Å². The Hall–Kier alpha value is -2.40. The maximum Gasteiger partial charge on any atom is 0.154 e. The molecule has 0 saturated carbocycles. The highest BCUT2D eigenvalue weighted by atomic mass is 32.2.